The van der Waals surface area contributed by atoms with Crippen molar-refractivity contribution in [3.63, 3.8) is 0 Å². The fourth-order valence-electron chi connectivity index (χ4n) is 2.79. The molecule has 0 spiro atoms. The van der Waals surface area contributed by atoms with E-state index < -0.39 is 0 Å². The summed E-state index contributed by atoms with van der Waals surface area (Å²) >= 11 is 0. The summed E-state index contributed by atoms with van der Waals surface area (Å²) in [6.07, 6.45) is 0. The second-order valence-electron chi connectivity index (χ2n) is 5.92. The van der Waals surface area contributed by atoms with E-state index in [0.717, 1.165) is 37.1 Å². The number of hydrogen-bond acceptors (Lipinski definition) is 5. The molecule has 1 aromatic heterocycles. The van der Waals surface area contributed by atoms with Crippen LogP contribution >= 0.6 is 24.8 Å². The Labute approximate surface area is 159 Å². The second-order valence-corrected chi connectivity index (χ2v) is 5.92. The third kappa shape index (κ3) is 4.70. The summed E-state index contributed by atoms with van der Waals surface area (Å²) in [5.74, 6) is -0.274. The number of aromatic hydroxyl groups is 1. The predicted molar refractivity (Wildman–Crippen MR) is 103 cm³/mol. The van der Waals surface area contributed by atoms with E-state index in [1.54, 1.807) is 11.6 Å². The maximum Gasteiger partial charge on any atom is 0.278 e. The molecule has 1 aliphatic heterocycles. The number of fused-ring (bicyclic) bond motifs is 1. The molecule has 0 aliphatic carbocycles. The Kier molecular flexibility index (Phi) is 7.82. The van der Waals surface area contributed by atoms with Crippen LogP contribution in [0, 0.1) is 0 Å². The molecule has 0 saturated carbocycles. The minimum Gasteiger partial charge on any atom is -0.493 e. The van der Waals surface area contributed by atoms with Crippen molar-refractivity contribution in [2.75, 3.05) is 39.8 Å². The number of carbonyl (C=O) groups is 1. The lowest BCUT2D eigenvalue weighted by Crippen LogP contribution is -2.46. The van der Waals surface area contributed by atoms with Gasteiger partial charge in [0.15, 0.2) is 5.69 Å². The van der Waals surface area contributed by atoms with Gasteiger partial charge >= 0.3 is 0 Å². The topological polar surface area (TPSA) is 73.4 Å². The molecule has 138 valence electrons. The van der Waals surface area contributed by atoms with Gasteiger partial charge in [-0.2, -0.15) is 0 Å². The molecule has 1 fully saturated rings. The number of amides is 1. The molecule has 0 unspecified atom stereocenters. The first kappa shape index (κ1) is 21.4. The average molecular weight is 388 g/mol. The van der Waals surface area contributed by atoms with E-state index in [9.17, 15) is 9.90 Å². The fourth-order valence-corrected chi connectivity index (χ4v) is 2.79. The van der Waals surface area contributed by atoms with Gasteiger partial charge in [-0.15, -0.1) is 35.0 Å². The third-order valence-electron chi connectivity index (χ3n) is 4.27. The van der Waals surface area contributed by atoms with Crippen molar-refractivity contribution in [3.05, 3.63) is 24.3 Å². The molecule has 2 aromatic rings. The van der Waals surface area contributed by atoms with E-state index in [1.165, 1.54) is 0 Å². The second kappa shape index (κ2) is 9.15. The number of carbonyl (C=O) groups excluding carboxylic acids is 1. The van der Waals surface area contributed by atoms with Crippen molar-refractivity contribution in [2.24, 2.45) is 17.3 Å². The lowest BCUT2D eigenvalue weighted by Gasteiger charge is -2.31. The first-order chi connectivity index (χ1) is 11.1. The summed E-state index contributed by atoms with van der Waals surface area (Å²) in [6.45, 7) is 3.89. The Morgan fingerprint density at radius 3 is 2.44 bits per heavy atom. The molecule has 7 nitrogen and oxygen atoms in total. The number of nitrogens with zero attached hydrogens (tertiary/aromatic N) is 5. The highest BCUT2D eigenvalue weighted by atomic mass is 35.5. The standard InChI is InChI=1S/C16H21N5O2.2ClH/c1-19-7-9-21(10-8-19)11-14(22)17-18-15-12-5-3-4-6-13(12)20(2)16(15)23;;/h3-6,23H,7-11H2,1-2H3;2*1H. The molecule has 1 saturated heterocycles. The zero-order valence-corrected chi connectivity index (χ0v) is 15.9. The molecule has 0 bridgehead atoms. The molecular weight excluding hydrogens is 365 g/mol. The maximum absolute atomic E-state index is 12.0. The van der Waals surface area contributed by atoms with Gasteiger partial charge in [-0.3, -0.25) is 9.69 Å². The molecule has 0 atom stereocenters. The molecular formula is C16H23Cl2N5O2. The van der Waals surface area contributed by atoms with E-state index in [1.807, 2.05) is 24.3 Å². The van der Waals surface area contributed by atoms with Crippen molar-refractivity contribution in [1.82, 2.24) is 14.4 Å². The van der Waals surface area contributed by atoms with Gasteiger partial charge in [-0.25, -0.2) is 0 Å². The van der Waals surface area contributed by atoms with Crippen molar-refractivity contribution in [1.29, 1.82) is 0 Å². The number of para-hydroxylation sites is 1. The van der Waals surface area contributed by atoms with Crippen molar-refractivity contribution in [2.45, 2.75) is 0 Å². The Bertz CT molecular complexity index is 754. The van der Waals surface area contributed by atoms with Crippen molar-refractivity contribution in [3.8, 4) is 5.88 Å². The summed E-state index contributed by atoms with van der Waals surface area (Å²) in [5, 5.41) is 18.7. The van der Waals surface area contributed by atoms with Crippen molar-refractivity contribution >= 4 is 47.3 Å². The molecule has 25 heavy (non-hydrogen) atoms. The Balaban J connectivity index is 0.00000156. The summed E-state index contributed by atoms with van der Waals surface area (Å²) in [6, 6.07) is 7.50. The van der Waals surface area contributed by atoms with E-state index in [4.69, 9.17) is 0 Å². The molecule has 9 heteroatoms. The highest BCUT2D eigenvalue weighted by Gasteiger charge is 2.17. The van der Waals surface area contributed by atoms with Crippen LogP contribution in [0.25, 0.3) is 10.9 Å². The normalized spacial score (nSPS) is 15.9. The zero-order chi connectivity index (χ0) is 16.4. The number of hydrogen-bond donors (Lipinski definition) is 1. The molecule has 1 aliphatic rings. The van der Waals surface area contributed by atoms with E-state index in [2.05, 4.69) is 27.1 Å². The van der Waals surface area contributed by atoms with Gasteiger partial charge in [0.1, 0.15) is 0 Å². The fraction of sp³-hybridized carbons (Fsp3) is 0.438. The number of aryl methyl sites for hydroxylation is 1. The number of aromatic nitrogens is 1. The molecule has 0 radical (unpaired) electrons. The number of benzene rings is 1. The summed E-state index contributed by atoms with van der Waals surface area (Å²) in [7, 11) is 3.82. The lowest BCUT2D eigenvalue weighted by atomic mass is 10.2. The van der Waals surface area contributed by atoms with Crippen LogP contribution in [0.3, 0.4) is 0 Å². The number of likely N-dealkylation sites (N-methyl/N-ethyl adjacent to an activating group) is 1. The Morgan fingerprint density at radius 1 is 1.12 bits per heavy atom. The van der Waals surface area contributed by atoms with Crippen LogP contribution in [-0.4, -0.2) is 65.2 Å². The number of rotatable bonds is 3. The number of halogens is 2. The molecule has 3 rings (SSSR count). The van der Waals surface area contributed by atoms with E-state index >= 15 is 0 Å². The van der Waals surface area contributed by atoms with Crippen LogP contribution < -0.4 is 0 Å². The smallest absolute Gasteiger partial charge is 0.278 e. The van der Waals surface area contributed by atoms with E-state index in [0.29, 0.717) is 5.69 Å². The van der Waals surface area contributed by atoms with Crippen LogP contribution in [-0.2, 0) is 11.8 Å². The Morgan fingerprint density at radius 2 is 1.76 bits per heavy atom. The Hall–Kier alpha value is -1.67. The lowest BCUT2D eigenvalue weighted by molar-refractivity contribution is -0.119. The number of piperazine rings is 1. The molecule has 2 heterocycles. The highest BCUT2D eigenvalue weighted by molar-refractivity contribution is 5.95. The first-order valence-electron chi connectivity index (χ1n) is 7.68. The first-order valence-corrected chi connectivity index (χ1v) is 7.68. The van der Waals surface area contributed by atoms with Gasteiger partial charge in [0.05, 0.1) is 12.1 Å². The van der Waals surface area contributed by atoms with Gasteiger partial charge in [-0.05, 0) is 13.1 Å². The van der Waals surface area contributed by atoms with Crippen LogP contribution in [0.5, 0.6) is 5.88 Å². The quantitative estimate of drug-likeness (QED) is 0.821. The van der Waals surface area contributed by atoms with Gasteiger partial charge in [0, 0.05) is 38.6 Å². The van der Waals surface area contributed by atoms with Crippen LogP contribution in [0.15, 0.2) is 34.5 Å². The SMILES string of the molecule is CN1CCN(CC(=O)N=Nc2c(O)n(C)c3ccccc23)CC1.Cl.Cl. The summed E-state index contributed by atoms with van der Waals surface area (Å²) in [5.41, 5.74) is 1.19. The third-order valence-corrected chi connectivity index (χ3v) is 4.27. The largest absolute Gasteiger partial charge is 0.493 e. The molecule has 1 aromatic carbocycles. The van der Waals surface area contributed by atoms with Crippen LogP contribution in [0.1, 0.15) is 0 Å². The predicted octanol–water partition coefficient (Wildman–Crippen LogP) is 2.59. The highest BCUT2D eigenvalue weighted by Crippen LogP contribution is 2.37. The van der Waals surface area contributed by atoms with Gasteiger partial charge < -0.3 is 14.6 Å². The summed E-state index contributed by atoms with van der Waals surface area (Å²) in [4.78, 5) is 16.3. The van der Waals surface area contributed by atoms with Crippen LogP contribution in [0.2, 0.25) is 0 Å². The zero-order valence-electron chi connectivity index (χ0n) is 14.3. The van der Waals surface area contributed by atoms with Gasteiger partial charge in [-0.1, -0.05) is 18.2 Å². The van der Waals surface area contributed by atoms with Gasteiger partial charge in [0.25, 0.3) is 5.91 Å². The molecule has 1 amide bonds. The monoisotopic (exact) mass is 387 g/mol. The van der Waals surface area contributed by atoms with Gasteiger partial charge in [0.2, 0.25) is 5.88 Å². The average Bonchev–Trinajstić information content (AvgIpc) is 2.80. The van der Waals surface area contributed by atoms with Crippen molar-refractivity contribution < 1.29 is 9.90 Å². The number of azo groups is 1. The maximum atomic E-state index is 12.0. The van der Waals surface area contributed by atoms with E-state index in [-0.39, 0.29) is 43.1 Å². The summed E-state index contributed by atoms with van der Waals surface area (Å²) < 4.78 is 1.63. The minimum atomic E-state index is -0.290. The van der Waals surface area contributed by atoms with Crippen LogP contribution in [0.4, 0.5) is 5.69 Å². The minimum absolute atomic E-state index is 0. The molecule has 1 N–H and O–H groups in total.